The smallest absolute Gasteiger partial charge is 0.860 e. The van der Waals surface area contributed by atoms with Crippen LogP contribution in [0.1, 0.15) is 16.7 Å². The molecule has 50 heavy (non-hydrogen) atoms. The van der Waals surface area contributed by atoms with Crippen molar-refractivity contribution in [2.45, 2.75) is 29.7 Å². The van der Waals surface area contributed by atoms with Gasteiger partial charge in [0, 0.05) is 6.54 Å². The van der Waals surface area contributed by atoms with Gasteiger partial charge in [-0.2, -0.15) is 27.1 Å². The number of benzene rings is 3. The van der Waals surface area contributed by atoms with Crippen LogP contribution in [0.4, 0.5) is 22.7 Å². The Kier molecular flexibility index (Phi) is 14.7. The van der Waals surface area contributed by atoms with E-state index in [-0.39, 0.29) is 99.2 Å². The minimum Gasteiger partial charge on any atom is -0.860 e. The van der Waals surface area contributed by atoms with Gasteiger partial charge < -0.3 is 30.0 Å². The van der Waals surface area contributed by atoms with Crippen LogP contribution in [0.2, 0.25) is 0 Å². The third-order valence-electron chi connectivity index (χ3n) is 6.64. The molecule has 18 nitrogen and oxygen atoms in total. The maximum atomic E-state index is 13.3. The van der Waals surface area contributed by atoms with Gasteiger partial charge in [-0.3, -0.25) is 18.5 Å². The van der Waals surface area contributed by atoms with Gasteiger partial charge in [-0.05, 0) is 90.3 Å². The second-order valence-electron chi connectivity index (χ2n) is 9.90. The Morgan fingerprint density at radius 3 is 2.02 bits per heavy atom. The van der Waals surface area contributed by atoms with E-state index in [0.717, 1.165) is 37.3 Å². The summed E-state index contributed by atoms with van der Waals surface area (Å²) in [6, 6.07) is 12.8. The first kappa shape index (κ1) is 43.2. The van der Waals surface area contributed by atoms with Crippen LogP contribution >= 0.6 is 7.60 Å². The standard InChI is InChI=1S/C27H25N6O12PS2.2Na/c1-15-23(25(28)34)26(35)33(12-11-16-5-8-20(9-6-16)47(40,41)42)27(36)24(15)32-31-21-10-7-18(14-22(21)48(43,44)45)30-29-17-3-2-4-19(13-17)46(37,38)39;;/h2-10,13-14,35H,11-12H2,1H3,(H2,28,34)(H2,37,38,39)(H,40,41,42)(H,43,44,45);;/q;2*+1/p-2. The van der Waals surface area contributed by atoms with Gasteiger partial charge in [0.2, 0.25) is 0 Å². The van der Waals surface area contributed by atoms with Crippen LogP contribution in [-0.2, 0) is 37.8 Å². The molecule has 3 aromatic carbocycles. The van der Waals surface area contributed by atoms with E-state index in [9.17, 15) is 50.7 Å². The summed E-state index contributed by atoms with van der Waals surface area (Å²) < 4.78 is 78.0. The molecular weight excluding hydrogens is 741 g/mol. The van der Waals surface area contributed by atoms with E-state index in [1.165, 1.54) is 36.4 Å². The SMILES string of the molecule is Cc1c(C(=N)[O-])c([O-])n(CCc2ccc(S(=O)(=O)O)cc2)c(=O)c1N=Nc1ccc(N=Nc2cccc(P(=O)(O)O)c2)cc1S(=O)(=O)O.[Na+].[Na+]. The van der Waals surface area contributed by atoms with Gasteiger partial charge in [-0.1, -0.05) is 18.2 Å². The van der Waals surface area contributed by atoms with Gasteiger partial charge in [0.05, 0.1) is 21.6 Å². The summed E-state index contributed by atoms with van der Waals surface area (Å²) in [5, 5.41) is 47.4. The number of hydrogen-bond acceptors (Lipinski definition) is 13. The van der Waals surface area contributed by atoms with Crippen molar-refractivity contribution in [3.8, 4) is 5.88 Å². The van der Waals surface area contributed by atoms with E-state index in [1.54, 1.807) is 0 Å². The van der Waals surface area contributed by atoms with Crippen molar-refractivity contribution in [3.63, 3.8) is 0 Å². The van der Waals surface area contributed by atoms with Crippen LogP contribution in [0.5, 0.6) is 5.88 Å². The van der Waals surface area contributed by atoms with Crippen LogP contribution in [0.15, 0.2) is 102 Å². The molecule has 252 valence electrons. The molecule has 4 rings (SSSR count). The Labute approximate surface area is 328 Å². The molecule has 1 heterocycles. The minimum absolute atomic E-state index is 0. The van der Waals surface area contributed by atoms with Crippen molar-refractivity contribution in [1.29, 1.82) is 5.41 Å². The quantitative estimate of drug-likeness (QED) is 0.0246. The Morgan fingerprint density at radius 2 is 1.48 bits per heavy atom. The molecule has 0 amide bonds. The predicted octanol–water partition coefficient (Wildman–Crippen LogP) is -3.71. The average molecular weight is 765 g/mol. The Morgan fingerprint density at radius 1 is 0.880 bits per heavy atom. The van der Waals surface area contributed by atoms with Crippen molar-refractivity contribution in [1.82, 2.24) is 4.57 Å². The number of nitrogens with one attached hydrogen (secondary N) is 1. The fourth-order valence-electron chi connectivity index (χ4n) is 4.26. The molecule has 0 saturated carbocycles. The van der Waals surface area contributed by atoms with E-state index in [0.29, 0.717) is 10.1 Å². The molecular formula is C27H23N6Na2O12PS2. The molecule has 0 saturated heterocycles. The first-order chi connectivity index (χ1) is 22.3. The summed E-state index contributed by atoms with van der Waals surface area (Å²) in [7, 11) is -14.1. The molecule has 0 aliphatic carbocycles. The van der Waals surface area contributed by atoms with Crippen molar-refractivity contribution in [3.05, 3.63) is 93.8 Å². The zero-order chi connectivity index (χ0) is 35.6. The predicted molar refractivity (Wildman–Crippen MR) is 164 cm³/mol. The van der Waals surface area contributed by atoms with E-state index < -0.39 is 67.0 Å². The molecule has 0 spiro atoms. The summed E-state index contributed by atoms with van der Waals surface area (Å²) in [4.78, 5) is 30.8. The van der Waals surface area contributed by atoms with E-state index in [2.05, 4.69) is 20.5 Å². The third-order valence-corrected chi connectivity index (χ3v) is 9.34. The van der Waals surface area contributed by atoms with Crippen LogP contribution in [-0.4, -0.2) is 46.2 Å². The van der Waals surface area contributed by atoms with Crippen LogP contribution < -0.4 is 80.2 Å². The molecule has 0 unspecified atom stereocenters. The van der Waals surface area contributed by atoms with Crippen LogP contribution in [0.25, 0.3) is 0 Å². The first-order valence-electron chi connectivity index (χ1n) is 13.2. The zero-order valence-corrected chi connectivity index (χ0v) is 32.8. The molecule has 5 N–H and O–H groups in total. The van der Waals surface area contributed by atoms with Crippen molar-refractivity contribution < 1.29 is 110 Å². The molecule has 0 atom stereocenters. The van der Waals surface area contributed by atoms with Crippen LogP contribution in [0.3, 0.4) is 0 Å². The van der Waals surface area contributed by atoms with Gasteiger partial charge in [0.1, 0.15) is 10.6 Å². The van der Waals surface area contributed by atoms with Gasteiger partial charge in [-0.15, -0.1) is 10.2 Å². The molecule has 4 aromatic rings. The van der Waals surface area contributed by atoms with E-state index >= 15 is 0 Å². The molecule has 0 bridgehead atoms. The summed E-state index contributed by atoms with van der Waals surface area (Å²) in [6.45, 7) is 0.797. The molecule has 0 fully saturated rings. The molecule has 0 radical (unpaired) electrons. The first-order valence-corrected chi connectivity index (χ1v) is 17.6. The van der Waals surface area contributed by atoms with Gasteiger partial charge >= 0.3 is 66.7 Å². The topological polar surface area (TPSA) is 308 Å². The molecule has 23 heteroatoms. The Balaban J connectivity index is 0.00000433. The second-order valence-corrected chi connectivity index (χ2v) is 14.3. The number of nitrogens with zero attached hydrogens (tertiary/aromatic N) is 5. The summed E-state index contributed by atoms with van der Waals surface area (Å²) in [6.07, 6.45) is -0.0430. The largest absolute Gasteiger partial charge is 1.00 e. The molecule has 0 aliphatic rings. The third kappa shape index (κ3) is 10.5. The summed E-state index contributed by atoms with van der Waals surface area (Å²) in [5.41, 5.74) is -2.90. The maximum absolute atomic E-state index is 13.3. The zero-order valence-electron chi connectivity index (χ0n) is 26.3. The maximum Gasteiger partial charge on any atom is 1.00 e. The number of azo groups is 2. The van der Waals surface area contributed by atoms with Crippen molar-refractivity contribution in [2.24, 2.45) is 20.5 Å². The Hall–Kier alpha value is -2.95. The summed E-state index contributed by atoms with van der Waals surface area (Å²) >= 11 is 0. The number of pyridine rings is 1. The van der Waals surface area contributed by atoms with Gasteiger partial charge in [-0.25, -0.2) is 0 Å². The Bertz CT molecular complexity index is 2330. The monoisotopic (exact) mass is 764 g/mol. The van der Waals surface area contributed by atoms with Crippen LogP contribution in [0, 0.1) is 12.3 Å². The van der Waals surface area contributed by atoms with Crippen molar-refractivity contribution >= 4 is 61.8 Å². The molecule has 1 aromatic heterocycles. The number of aryl methyl sites for hydroxylation is 1. The fraction of sp³-hybridized carbons (Fsp3) is 0.111. The van der Waals surface area contributed by atoms with E-state index in [1.807, 2.05) is 0 Å². The fourth-order valence-corrected chi connectivity index (χ4v) is 5.97. The number of hydrogen-bond donors (Lipinski definition) is 5. The van der Waals surface area contributed by atoms with E-state index in [4.69, 9.17) is 9.96 Å². The molecule has 0 aliphatic heterocycles. The summed E-state index contributed by atoms with van der Waals surface area (Å²) in [5.74, 6) is -2.55. The van der Waals surface area contributed by atoms with Gasteiger partial charge in [0.15, 0.2) is 5.69 Å². The second kappa shape index (κ2) is 17.0. The number of rotatable bonds is 11. The number of aromatic nitrogens is 1. The normalized spacial score (nSPS) is 12.1. The minimum atomic E-state index is -5.01. The van der Waals surface area contributed by atoms with Crippen molar-refractivity contribution in [2.75, 3.05) is 0 Å². The average Bonchev–Trinajstić information content (AvgIpc) is 2.99. The van der Waals surface area contributed by atoms with Gasteiger partial charge in [0.25, 0.3) is 25.8 Å².